The molecule has 0 aliphatic rings. The highest BCUT2D eigenvalue weighted by molar-refractivity contribution is 9.10. The molecule has 1 unspecified atom stereocenters. The highest BCUT2D eigenvalue weighted by atomic mass is 79.9. The van der Waals surface area contributed by atoms with Gasteiger partial charge in [-0.05, 0) is 22.0 Å². The van der Waals surface area contributed by atoms with Gasteiger partial charge in [-0.15, -0.1) is 0 Å². The third kappa shape index (κ3) is 4.03. The lowest BCUT2D eigenvalue weighted by Gasteiger charge is -2.15. The fourth-order valence-electron chi connectivity index (χ4n) is 1.15. The van der Waals surface area contributed by atoms with Crippen LogP contribution in [0.2, 0.25) is 0 Å². The van der Waals surface area contributed by atoms with Crippen molar-refractivity contribution in [2.75, 3.05) is 32.7 Å². The topological polar surface area (TPSA) is 43.4 Å². The van der Waals surface area contributed by atoms with E-state index in [1.54, 1.807) is 14.2 Å². The maximum atomic E-state index is 13.4. The van der Waals surface area contributed by atoms with E-state index in [0.717, 1.165) is 0 Å². The number of halogens is 2. The average molecular weight is 293 g/mol. The van der Waals surface area contributed by atoms with Crippen LogP contribution in [-0.2, 0) is 9.47 Å². The number of nitrogens with zero attached hydrogens (tertiary/aromatic N) is 1. The van der Waals surface area contributed by atoms with Crippen molar-refractivity contribution < 1.29 is 13.9 Å². The van der Waals surface area contributed by atoms with E-state index in [1.165, 1.54) is 12.3 Å². The zero-order valence-electron chi connectivity index (χ0n) is 9.17. The van der Waals surface area contributed by atoms with Gasteiger partial charge in [-0.1, -0.05) is 0 Å². The molecule has 1 aromatic rings. The lowest BCUT2D eigenvalue weighted by molar-refractivity contribution is 0.0365. The summed E-state index contributed by atoms with van der Waals surface area (Å²) in [6, 6.07) is 1.35. The van der Waals surface area contributed by atoms with Crippen LogP contribution in [0.25, 0.3) is 0 Å². The Kier molecular flexibility index (Phi) is 5.65. The predicted octanol–water partition coefficient (Wildman–Crippen LogP) is 2.06. The molecule has 6 heteroatoms. The van der Waals surface area contributed by atoms with Crippen LogP contribution in [0.4, 0.5) is 10.2 Å². The van der Waals surface area contributed by atoms with Gasteiger partial charge >= 0.3 is 0 Å². The quantitative estimate of drug-likeness (QED) is 0.872. The molecule has 0 spiro atoms. The van der Waals surface area contributed by atoms with Gasteiger partial charge < -0.3 is 14.8 Å². The molecule has 0 aliphatic carbocycles. The second-order valence-corrected chi connectivity index (χ2v) is 4.09. The van der Waals surface area contributed by atoms with E-state index < -0.39 is 5.82 Å². The lowest BCUT2D eigenvalue weighted by Crippen LogP contribution is -2.27. The number of aromatic nitrogens is 1. The zero-order valence-corrected chi connectivity index (χ0v) is 10.8. The second-order valence-electron chi connectivity index (χ2n) is 3.18. The minimum atomic E-state index is -0.401. The molecule has 0 aromatic carbocycles. The molecule has 0 saturated heterocycles. The highest BCUT2D eigenvalue weighted by Gasteiger charge is 2.09. The van der Waals surface area contributed by atoms with Crippen molar-refractivity contribution in [1.29, 1.82) is 0 Å². The van der Waals surface area contributed by atoms with Crippen molar-refractivity contribution in [3.63, 3.8) is 0 Å². The highest BCUT2D eigenvalue weighted by Crippen LogP contribution is 2.15. The Balaban J connectivity index is 2.53. The molecule has 1 heterocycles. The summed E-state index contributed by atoms with van der Waals surface area (Å²) in [5.74, 6) is -0.192. The number of methoxy groups -OCH3 is 2. The Morgan fingerprint density at radius 3 is 2.88 bits per heavy atom. The Labute approximate surface area is 102 Å². The third-order valence-corrected chi connectivity index (χ3v) is 2.42. The summed E-state index contributed by atoms with van der Waals surface area (Å²) in [5.41, 5.74) is 0. The van der Waals surface area contributed by atoms with Gasteiger partial charge in [0.1, 0.15) is 0 Å². The van der Waals surface area contributed by atoms with Crippen LogP contribution >= 0.6 is 15.9 Å². The molecule has 0 saturated carbocycles. The molecule has 1 rings (SSSR count). The van der Waals surface area contributed by atoms with Gasteiger partial charge in [-0.2, -0.15) is 0 Å². The summed E-state index contributed by atoms with van der Waals surface area (Å²) in [6.07, 6.45) is 1.40. The number of hydrogen-bond acceptors (Lipinski definition) is 4. The van der Waals surface area contributed by atoms with Crippen LogP contribution < -0.4 is 5.32 Å². The van der Waals surface area contributed by atoms with Crippen molar-refractivity contribution in [2.24, 2.45) is 0 Å². The first-order chi connectivity index (χ1) is 7.67. The van der Waals surface area contributed by atoms with Crippen molar-refractivity contribution in [3.8, 4) is 0 Å². The van der Waals surface area contributed by atoms with E-state index >= 15 is 0 Å². The van der Waals surface area contributed by atoms with Crippen molar-refractivity contribution in [2.45, 2.75) is 6.10 Å². The van der Waals surface area contributed by atoms with Gasteiger partial charge in [0.25, 0.3) is 0 Å². The van der Waals surface area contributed by atoms with Gasteiger partial charge in [-0.3, -0.25) is 0 Å². The smallest absolute Gasteiger partial charge is 0.166 e. The van der Waals surface area contributed by atoms with Gasteiger partial charge in [-0.25, -0.2) is 9.37 Å². The molecular formula is C10H14BrFN2O2. The Morgan fingerprint density at radius 1 is 1.56 bits per heavy atom. The third-order valence-electron chi connectivity index (χ3n) is 1.99. The summed E-state index contributed by atoms with van der Waals surface area (Å²) in [6.45, 7) is 0.886. The molecule has 16 heavy (non-hydrogen) atoms. The first kappa shape index (κ1) is 13.3. The molecule has 1 aromatic heterocycles. The largest absolute Gasteiger partial charge is 0.382 e. The second kappa shape index (κ2) is 6.78. The normalized spacial score (nSPS) is 12.5. The lowest BCUT2D eigenvalue weighted by atomic mass is 10.3. The van der Waals surface area contributed by atoms with Gasteiger partial charge in [0.05, 0.1) is 12.7 Å². The molecule has 0 radical (unpaired) electrons. The van der Waals surface area contributed by atoms with E-state index in [9.17, 15) is 4.39 Å². The summed E-state index contributed by atoms with van der Waals surface area (Å²) in [5, 5.41) is 2.86. The monoisotopic (exact) mass is 292 g/mol. The predicted molar refractivity (Wildman–Crippen MR) is 63.1 cm³/mol. The van der Waals surface area contributed by atoms with Crippen LogP contribution in [-0.4, -0.2) is 38.5 Å². The zero-order chi connectivity index (χ0) is 12.0. The average Bonchev–Trinajstić information content (AvgIpc) is 2.26. The molecule has 0 aliphatic heterocycles. The fourth-order valence-corrected chi connectivity index (χ4v) is 1.45. The van der Waals surface area contributed by atoms with Gasteiger partial charge in [0.15, 0.2) is 11.6 Å². The number of anilines is 1. The number of pyridine rings is 1. The van der Waals surface area contributed by atoms with Crippen LogP contribution in [0.3, 0.4) is 0 Å². The van der Waals surface area contributed by atoms with E-state index in [2.05, 4.69) is 26.2 Å². The Bertz CT molecular complexity index is 339. The Morgan fingerprint density at radius 2 is 2.31 bits per heavy atom. The van der Waals surface area contributed by atoms with Gasteiger partial charge in [0, 0.05) is 31.4 Å². The van der Waals surface area contributed by atoms with E-state index in [4.69, 9.17) is 9.47 Å². The number of ether oxygens (including phenoxy) is 2. The SMILES string of the molecule is COCC(CNc1ncc(Br)cc1F)OC. The molecule has 1 N–H and O–H groups in total. The number of nitrogens with one attached hydrogen (secondary N) is 1. The van der Waals surface area contributed by atoms with Gasteiger partial charge in [0.2, 0.25) is 0 Å². The van der Waals surface area contributed by atoms with Crippen LogP contribution in [0.15, 0.2) is 16.7 Å². The van der Waals surface area contributed by atoms with E-state index in [0.29, 0.717) is 17.6 Å². The Hall–Kier alpha value is -0.720. The van der Waals surface area contributed by atoms with Crippen molar-refractivity contribution in [3.05, 3.63) is 22.6 Å². The van der Waals surface area contributed by atoms with Crippen LogP contribution in [0, 0.1) is 5.82 Å². The molecule has 0 amide bonds. The summed E-state index contributed by atoms with van der Waals surface area (Å²) >= 11 is 3.14. The summed E-state index contributed by atoms with van der Waals surface area (Å²) in [4.78, 5) is 3.91. The molecular weight excluding hydrogens is 279 g/mol. The summed E-state index contributed by atoms with van der Waals surface area (Å²) in [7, 11) is 3.17. The van der Waals surface area contributed by atoms with Crippen molar-refractivity contribution >= 4 is 21.7 Å². The minimum absolute atomic E-state index is 0.130. The minimum Gasteiger partial charge on any atom is -0.382 e. The number of rotatable bonds is 6. The van der Waals surface area contributed by atoms with Crippen LogP contribution in [0.1, 0.15) is 0 Å². The summed E-state index contributed by atoms with van der Waals surface area (Å²) < 4.78 is 24.0. The molecule has 0 bridgehead atoms. The number of hydrogen-bond donors (Lipinski definition) is 1. The molecule has 0 fully saturated rings. The van der Waals surface area contributed by atoms with Crippen LogP contribution in [0.5, 0.6) is 0 Å². The van der Waals surface area contributed by atoms with Crippen molar-refractivity contribution in [1.82, 2.24) is 4.98 Å². The fraction of sp³-hybridized carbons (Fsp3) is 0.500. The standard InChI is InChI=1S/C10H14BrFN2O2/c1-15-6-8(16-2)5-14-10-9(12)3-7(11)4-13-10/h3-4,8H,5-6H2,1-2H3,(H,13,14). The first-order valence-electron chi connectivity index (χ1n) is 4.74. The molecule has 90 valence electrons. The van der Waals surface area contributed by atoms with E-state index in [-0.39, 0.29) is 11.9 Å². The van der Waals surface area contributed by atoms with E-state index in [1.807, 2.05) is 0 Å². The first-order valence-corrected chi connectivity index (χ1v) is 5.53. The molecule has 4 nitrogen and oxygen atoms in total. The maximum Gasteiger partial charge on any atom is 0.166 e. The molecule has 1 atom stereocenters. The maximum absolute atomic E-state index is 13.4.